The highest BCUT2D eigenvalue weighted by molar-refractivity contribution is 5.55. The Morgan fingerprint density at radius 1 is 1.50 bits per heavy atom. The lowest BCUT2D eigenvalue weighted by Gasteiger charge is -2.16. The highest BCUT2D eigenvalue weighted by Gasteiger charge is 2.24. The van der Waals surface area contributed by atoms with Crippen molar-refractivity contribution in [1.29, 1.82) is 0 Å². The highest BCUT2D eigenvalue weighted by atomic mass is 16.6. The quantitative estimate of drug-likeness (QED) is 0.435. The fourth-order valence-electron chi connectivity index (χ4n) is 1.73. The lowest BCUT2D eigenvalue weighted by atomic mass is 9.87. The SMILES string of the molecule is Cc1cccc([C@@H](C[N+](=O)[O-])[C@@H](C)C=O)c1. The third-order valence-corrected chi connectivity index (χ3v) is 2.67. The molecule has 0 saturated heterocycles. The minimum atomic E-state index is -0.368. The number of hydrogen-bond donors (Lipinski definition) is 0. The maximum absolute atomic E-state index is 10.8. The van der Waals surface area contributed by atoms with Crippen LogP contribution in [0.2, 0.25) is 0 Å². The normalized spacial score (nSPS) is 14.1. The van der Waals surface area contributed by atoms with Crippen LogP contribution in [0.3, 0.4) is 0 Å². The average molecular weight is 221 g/mol. The Morgan fingerprint density at radius 2 is 2.19 bits per heavy atom. The van der Waals surface area contributed by atoms with Gasteiger partial charge in [-0.2, -0.15) is 0 Å². The summed E-state index contributed by atoms with van der Waals surface area (Å²) in [5.74, 6) is -0.681. The molecule has 16 heavy (non-hydrogen) atoms. The van der Waals surface area contributed by atoms with E-state index in [-0.39, 0.29) is 23.3 Å². The maximum atomic E-state index is 10.8. The maximum Gasteiger partial charge on any atom is 0.211 e. The number of aryl methyl sites for hydroxylation is 1. The molecule has 4 heteroatoms. The summed E-state index contributed by atoms with van der Waals surface area (Å²) in [6, 6.07) is 7.52. The van der Waals surface area contributed by atoms with Crippen LogP contribution < -0.4 is 0 Å². The predicted octanol–water partition coefficient (Wildman–Crippen LogP) is 2.19. The van der Waals surface area contributed by atoms with Crippen LogP contribution in [0.4, 0.5) is 0 Å². The van der Waals surface area contributed by atoms with Crippen LogP contribution in [0.1, 0.15) is 24.0 Å². The van der Waals surface area contributed by atoms with Gasteiger partial charge in [-0.3, -0.25) is 10.1 Å². The molecule has 0 aromatic heterocycles. The van der Waals surface area contributed by atoms with E-state index in [0.29, 0.717) is 0 Å². The molecule has 0 unspecified atom stereocenters. The number of rotatable bonds is 5. The summed E-state index contributed by atoms with van der Waals surface area (Å²) in [6.07, 6.45) is 0.774. The van der Waals surface area contributed by atoms with E-state index >= 15 is 0 Å². The highest BCUT2D eigenvalue weighted by Crippen LogP contribution is 2.24. The van der Waals surface area contributed by atoms with Gasteiger partial charge in [0.1, 0.15) is 6.29 Å². The second-order valence-electron chi connectivity index (χ2n) is 4.03. The Hall–Kier alpha value is -1.71. The van der Waals surface area contributed by atoms with Gasteiger partial charge < -0.3 is 4.79 Å². The third kappa shape index (κ3) is 3.15. The zero-order valence-corrected chi connectivity index (χ0v) is 9.42. The Bertz CT molecular complexity index is 390. The molecule has 0 bridgehead atoms. The number of nitrogens with zero attached hydrogens (tertiary/aromatic N) is 1. The standard InChI is InChI=1S/C12H15NO3/c1-9-4-3-5-11(6-9)12(7-13(15)16)10(2)8-14/h3-6,8,10,12H,7H2,1-2H3/t10-,12-/m0/s1. The van der Waals surface area contributed by atoms with E-state index in [4.69, 9.17) is 0 Å². The van der Waals surface area contributed by atoms with E-state index in [0.717, 1.165) is 17.4 Å². The summed E-state index contributed by atoms with van der Waals surface area (Å²) in [4.78, 5) is 21.0. The Morgan fingerprint density at radius 3 is 2.69 bits per heavy atom. The van der Waals surface area contributed by atoms with Crippen LogP contribution in [0, 0.1) is 23.0 Å². The van der Waals surface area contributed by atoms with E-state index in [2.05, 4.69) is 0 Å². The van der Waals surface area contributed by atoms with Gasteiger partial charge in [0.15, 0.2) is 0 Å². The van der Waals surface area contributed by atoms with Crippen molar-refractivity contribution in [3.05, 3.63) is 45.5 Å². The molecule has 2 atom stereocenters. The van der Waals surface area contributed by atoms with Gasteiger partial charge in [0, 0.05) is 10.8 Å². The monoisotopic (exact) mass is 221 g/mol. The summed E-state index contributed by atoms with van der Waals surface area (Å²) in [7, 11) is 0. The van der Waals surface area contributed by atoms with Gasteiger partial charge in [-0.05, 0) is 12.5 Å². The molecule has 1 aromatic rings. The summed E-state index contributed by atoms with van der Waals surface area (Å²) in [5, 5.41) is 10.6. The van der Waals surface area contributed by atoms with Gasteiger partial charge in [-0.15, -0.1) is 0 Å². The smallest absolute Gasteiger partial charge is 0.211 e. The zero-order valence-electron chi connectivity index (χ0n) is 9.42. The van der Waals surface area contributed by atoms with Crippen molar-refractivity contribution in [3.63, 3.8) is 0 Å². The molecule has 0 saturated carbocycles. The van der Waals surface area contributed by atoms with Crippen LogP contribution in [-0.2, 0) is 4.79 Å². The fraction of sp³-hybridized carbons (Fsp3) is 0.417. The summed E-state index contributed by atoms with van der Waals surface area (Å²) < 4.78 is 0. The van der Waals surface area contributed by atoms with Crippen LogP contribution in [-0.4, -0.2) is 17.8 Å². The molecule has 0 aliphatic rings. The van der Waals surface area contributed by atoms with Crippen molar-refractivity contribution in [2.24, 2.45) is 5.92 Å². The number of benzene rings is 1. The van der Waals surface area contributed by atoms with Gasteiger partial charge in [0.05, 0.1) is 5.92 Å². The first kappa shape index (κ1) is 12.4. The number of hydrogen-bond acceptors (Lipinski definition) is 3. The Kier molecular flexibility index (Phi) is 4.17. The number of aldehydes is 1. The second-order valence-corrected chi connectivity index (χ2v) is 4.03. The minimum absolute atomic E-state index is 0.205. The zero-order chi connectivity index (χ0) is 12.1. The first-order chi connectivity index (χ1) is 7.54. The van der Waals surface area contributed by atoms with E-state index in [1.54, 1.807) is 6.92 Å². The molecule has 1 rings (SSSR count). The molecule has 0 heterocycles. The molecule has 1 aromatic carbocycles. The number of nitro groups is 1. The molecule has 4 nitrogen and oxygen atoms in total. The van der Waals surface area contributed by atoms with Gasteiger partial charge in [0.2, 0.25) is 6.54 Å². The van der Waals surface area contributed by atoms with Crippen LogP contribution in [0.15, 0.2) is 24.3 Å². The van der Waals surface area contributed by atoms with E-state index < -0.39 is 0 Å². The molecular weight excluding hydrogens is 206 g/mol. The molecule has 0 spiro atoms. The van der Waals surface area contributed by atoms with Crippen molar-refractivity contribution in [2.45, 2.75) is 19.8 Å². The van der Waals surface area contributed by atoms with Crippen LogP contribution in [0.25, 0.3) is 0 Å². The molecule has 86 valence electrons. The van der Waals surface area contributed by atoms with Crippen molar-refractivity contribution in [3.8, 4) is 0 Å². The van der Waals surface area contributed by atoms with E-state index in [9.17, 15) is 14.9 Å². The fourth-order valence-corrected chi connectivity index (χ4v) is 1.73. The van der Waals surface area contributed by atoms with Crippen LogP contribution >= 0.6 is 0 Å². The van der Waals surface area contributed by atoms with Crippen molar-refractivity contribution >= 4 is 6.29 Å². The van der Waals surface area contributed by atoms with Gasteiger partial charge in [-0.25, -0.2) is 0 Å². The topological polar surface area (TPSA) is 60.2 Å². The summed E-state index contributed by atoms with van der Waals surface area (Å²) in [5.41, 5.74) is 1.90. The Labute approximate surface area is 94.4 Å². The molecular formula is C12H15NO3. The lowest BCUT2D eigenvalue weighted by molar-refractivity contribution is -0.484. The molecule has 0 amide bonds. The predicted molar refractivity (Wildman–Crippen MR) is 61.0 cm³/mol. The van der Waals surface area contributed by atoms with Crippen molar-refractivity contribution in [2.75, 3.05) is 6.54 Å². The summed E-state index contributed by atoms with van der Waals surface area (Å²) >= 11 is 0. The third-order valence-electron chi connectivity index (χ3n) is 2.67. The lowest BCUT2D eigenvalue weighted by Crippen LogP contribution is -2.20. The first-order valence-corrected chi connectivity index (χ1v) is 5.18. The molecule has 0 aliphatic carbocycles. The molecule has 0 N–H and O–H groups in total. The van der Waals surface area contributed by atoms with Gasteiger partial charge in [-0.1, -0.05) is 36.8 Å². The molecule has 0 aliphatic heterocycles. The van der Waals surface area contributed by atoms with E-state index in [1.165, 1.54) is 0 Å². The number of carbonyl (C=O) groups excluding carboxylic acids is 1. The first-order valence-electron chi connectivity index (χ1n) is 5.18. The molecule has 0 fully saturated rings. The largest absolute Gasteiger partial charge is 0.303 e. The number of carbonyl (C=O) groups is 1. The molecule has 0 radical (unpaired) electrons. The minimum Gasteiger partial charge on any atom is -0.303 e. The van der Waals surface area contributed by atoms with Crippen molar-refractivity contribution in [1.82, 2.24) is 0 Å². The van der Waals surface area contributed by atoms with Gasteiger partial charge >= 0.3 is 0 Å². The van der Waals surface area contributed by atoms with Crippen LogP contribution in [0.5, 0.6) is 0 Å². The summed E-state index contributed by atoms with van der Waals surface area (Å²) in [6.45, 7) is 3.44. The average Bonchev–Trinajstić information content (AvgIpc) is 2.24. The Balaban J connectivity index is 3.00. The van der Waals surface area contributed by atoms with Gasteiger partial charge in [0.25, 0.3) is 0 Å². The van der Waals surface area contributed by atoms with Crippen molar-refractivity contribution < 1.29 is 9.72 Å². The second kappa shape index (κ2) is 5.39. The van der Waals surface area contributed by atoms with E-state index in [1.807, 2.05) is 31.2 Å².